The number of benzene rings is 2. The largest absolute Gasteiger partial charge is 0.497 e. The summed E-state index contributed by atoms with van der Waals surface area (Å²) in [7, 11) is -2.46. The summed E-state index contributed by atoms with van der Waals surface area (Å²) in [5.41, 5.74) is -0.679. The van der Waals surface area contributed by atoms with Crippen LogP contribution in [-0.2, 0) is 9.84 Å². The number of amides is 1. The number of nitrogens with one attached hydrogen (secondary N) is 1. The van der Waals surface area contributed by atoms with Gasteiger partial charge in [0, 0.05) is 11.9 Å². The molecule has 32 heavy (non-hydrogen) atoms. The number of carbonyl (C=O) groups is 1. The van der Waals surface area contributed by atoms with Crippen LogP contribution in [0.5, 0.6) is 5.75 Å². The van der Waals surface area contributed by atoms with E-state index < -0.39 is 26.6 Å². The van der Waals surface area contributed by atoms with E-state index >= 15 is 0 Å². The van der Waals surface area contributed by atoms with Gasteiger partial charge < -0.3 is 18.9 Å². The van der Waals surface area contributed by atoms with Gasteiger partial charge in [-0.05, 0) is 48.5 Å². The fraction of sp³-hybridized carbons (Fsp3) is 0.130. The van der Waals surface area contributed by atoms with Gasteiger partial charge in [-0.1, -0.05) is 18.2 Å². The molecule has 1 N–H and O–H groups in total. The number of hydrogen-bond acceptors (Lipinski definition) is 7. The maximum Gasteiger partial charge on any atom is 0.349 e. The summed E-state index contributed by atoms with van der Waals surface area (Å²) in [5.74, 6) is -0.0764. The lowest BCUT2D eigenvalue weighted by Crippen LogP contribution is -2.34. The first-order valence-electron chi connectivity index (χ1n) is 9.62. The molecule has 2 aromatic carbocycles. The molecule has 0 saturated heterocycles. The van der Waals surface area contributed by atoms with Gasteiger partial charge >= 0.3 is 5.63 Å². The minimum Gasteiger partial charge on any atom is -0.497 e. The number of fused-ring (bicyclic) bond motifs is 1. The van der Waals surface area contributed by atoms with E-state index in [1.165, 1.54) is 49.8 Å². The second-order valence-electron chi connectivity index (χ2n) is 6.92. The fourth-order valence-electron chi connectivity index (χ4n) is 3.27. The Bertz CT molecular complexity index is 1410. The molecule has 0 aliphatic heterocycles. The lowest BCUT2D eigenvalue weighted by Gasteiger charge is -2.17. The third kappa shape index (κ3) is 4.15. The molecule has 164 valence electrons. The van der Waals surface area contributed by atoms with Gasteiger partial charge in [0.15, 0.2) is 9.84 Å². The molecule has 0 radical (unpaired) electrons. The first-order chi connectivity index (χ1) is 15.4. The van der Waals surface area contributed by atoms with Crippen LogP contribution >= 0.6 is 0 Å². The van der Waals surface area contributed by atoms with Gasteiger partial charge in [0.25, 0.3) is 5.91 Å². The van der Waals surface area contributed by atoms with E-state index in [1.807, 2.05) is 0 Å². The van der Waals surface area contributed by atoms with Gasteiger partial charge in [0.05, 0.1) is 18.3 Å². The van der Waals surface area contributed by atoms with Crippen molar-refractivity contribution in [3.63, 3.8) is 0 Å². The molecule has 9 heteroatoms. The fourth-order valence-corrected chi connectivity index (χ4v) is 4.85. The molecule has 0 aliphatic rings. The van der Waals surface area contributed by atoms with Crippen LogP contribution in [0.2, 0.25) is 0 Å². The Kier molecular flexibility index (Phi) is 5.83. The molecule has 2 aromatic heterocycles. The number of rotatable bonds is 7. The number of hydrogen-bond donors (Lipinski definition) is 1. The van der Waals surface area contributed by atoms with Crippen LogP contribution in [0, 0.1) is 0 Å². The molecule has 0 spiro atoms. The van der Waals surface area contributed by atoms with Gasteiger partial charge in [-0.25, -0.2) is 13.2 Å². The quantitative estimate of drug-likeness (QED) is 0.427. The molecule has 2 heterocycles. The van der Waals surface area contributed by atoms with Crippen molar-refractivity contribution in [3.05, 3.63) is 94.7 Å². The Morgan fingerprint density at radius 1 is 1.06 bits per heavy atom. The highest BCUT2D eigenvalue weighted by Gasteiger charge is 2.32. The molecule has 0 saturated carbocycles. The smallest absolute Gasteiger partial charge is 0.349 e. The summed E-state index contributed by atoms with van der Waals surface area (Å²) in [6.07, 6.45) is 1.35. The summed E-state index contributed by atoms with van der Waals surface area (Å²) in [5, 5.41) is 1.90. The van der Waals surface area contributed by atoms with E-state index in [0.29, 0.717) is 16.7 Å². The Morgan fingerprint density at radius 2 is 1.81 bits per heavy atom. The number of sulfone groups is 1. The number of ether oxygens (including phenoxy) is 1. The zero-order valence-electron chi connectivity index (χ0n) is 17.0. The molecular weight excluding hydrogens is 434 g/mol. The van der Waals surface area contributed by atoms with Crippen LogP contribution in [0.4, 0.5) is 0 Å². The second kappa shape index (κ2) is 8.72. The maximum atomic E-state index is 13.3. The summed E-state index contributed by atoms with van der Waals surface area (Å²) in [6.45, 7) is -0.313. The van der Waals surface area contributed by atoms with E-state index in [0.717, 1.165) is 0 Å². The first-order valence-corrected chi connectivity index (χ1v) is 11.2. The van der Waals surface area contributed by atoms with Crippen LogP contribution in [0.15, 0.2) is 91.5 Å². The highest BCUT2D eigenvalue weighted by Crippen LogP contribution is 2.30. The highest BCUT2D eigenvalue weighted by molar-refractivity contribution is 7.91. The van der Waals surface area contributed by atoms with E-state index in [2.05, 4.69) is 5.32 Å². The third-order valence-corrected chi connectivity index (χ3v) is 7.03. The summed E-state index contributed by atoms with van der Waals surface area (Å²) in [4.78, 5) is 25.0. The lowest BCUT2D eigenvalue weighted by atomic mass is 10.2. The Balaban J connectivity index is 1.62. The molecule has 0 bridgehead atoms. The Hall–Kier alpha value is -3.85. The maximum absolute atomic E-state index is 13.3. The predicted octanol–water partition coefficient (Wildman–Crippen LogP) is 3.34. The predicted molar refractivity (Wildman–Crippen MR) is 116 cm³/mol. The zero-order valence-corrected chi connectivity index (χ0v) is 17.8. The van der Waals surface area contributed by atoms with Crippen molar-refractivity contribution in [2.24, 2.45) is 0 Å². The average molecular weight is 453 g/mol. The van der Waals surface area contributed by atoms with Crippen LogP contribution in [0.25, 0.3) is 11.0 Å². The van der Waals surface area contributed by atoms with E-state index in [4.69, 9.17) is 13.6 Å². The molecule has 0 unspecified atom stereocenters. The van der Waals surface area contributed by atoms with Crippen molar-refractivity contribution in [1.29, 1.82) is 0 Å². The molecule has 4 rings (SSSR count). The summed E-state index contributed by atoms with van der Waals surface area (Å²) >= 11 is 0. The van der Waals surface area contributed by atoms with Crippen LogP contribution in [0.3, 0.4) is 0 Å². The SMILES string of the molecule is COc1ccc(S(=O)(=O)[C@H](CNC(=O)c2cc3ccccc3oc2=O)c2ccco2)cc1. The zero-order chi connectivity index (χ0) is 22.7. The van der Waals surface area contributed by atoms with Crippen molar-refractivity contribution in [3.8, 4) is 5.75 Å². The standard InChI is InChI=1S/C23H19NO7S/c1-29-16-8-10-17(11-9-16)32(27,28)21(20-7-4-12-30-20)14-24-22(25)18-13-15-5-2-3-6-19(15)31-23(18)26/h2-13,21H,14H2,1H3,(H,24,25)/t21-/m1/s1. The number of methoxy groups -OCH3 is 1. The summed E-state index contributed by atoms with van der Waals surface area (Å²) < 4.78 is 42.2. The van der Waals surface area contributed by atoms with E-state index in [9.17, 15) is 18.0 Å². The van der Waals surface area contributed by atoms with Crippen LogP contribution in [0.1, 0.15) is 21.4 Å². The average Bonchev–Trinajstić information content (AvgIpc) is 3.33. The van der Waals surface area contributed by atoms with Crippen LogP contribution in [-0.4, -0.2) is 28.0 Å². The van der Waals surface area contributed by atoms with E-state index in [-0.39, 0.29) is 22.8 Å². The molecular formula is C23H19NO7S. The highest BCUT2D eigenvalue weighted by atomic mass is 32.2. The minimum atomic E-state index is -3.94. The Labute approximate surface area is 183 Å². The van der Waals surface area contributed by atoms with Gasteiger partial charge in [-0.2, -0.15) is 0 Å². The molecule has 0 aliphatic carbocycles. The third-order valence-electron chi connectivity index (χ3n) is 4.96. The van der Waals surface area contributed by atoms with Crippen molar-refractivity contribution in [1.82, 2.24) is 5.32 Å². The molecule has 8 nitrogen and oxygen atoms in total. The van der Waals surface area contributed by atoms with Crippen molar-refractivity contribution in [2.45, 2.75) is 10.1 Å². The van der Waals surface area contributed by atoms with E-state index in [1.54, 1.807) is 30.3 Å². The number of para-hydroxylation sites is 1. The number of furan rings is 1. The monoisotopic (exact) mass is 453 g/mol. The van der Waals surface area contributed by atoms with Crippen molar-refractivity contribution >= 4 is 26.7 Å². The van der Waals surface area contributed by atoms with Crippen molar-refractivity contribution < 1.29 is 26.8 Å². The normalized spacial score (nSPS) is 12.4. The second-order valence-corrected chi connectivity index (χ2v) is 9.05. The molecule has 4 aromatic rings. The Morgan fingerprint density at radius 3 is 2.50 bits per heavy atom. The van der Waals surface area contributed by atoms with Gasteiger partial charge in [0.1, 0.15) is 27.9 Å². The summed E-state index contributed by atoms with van der Waals surface area (Å²) in [6, 6.07) is 17.2. The lowest BCUT2D eigenvalue weighted by molar-refractivity contribution is 0.0949. The van der Waals surface area contributed by atoms with Gasteiger partial charge in [-0.15, -0.1) is 0 Å². The topological polar surface area (TPSA) is 116 Å². The van der Waals surface area contributed by atoms with Gasteiger partial charge in [0.2, 0.25) is 0 Å². The molecule has 0 fully saturated rings. The molecule has 1 amide bonds. The molecule has 1 atom stereocenters. The number of carbonyl (C=O) groups excluding carboxylic acids is 1. The first kappa shape index (κ1) is 21.4. The van der Waals surface area contributed by atoms with Crippen molar-refractivity contribution in [2.75, 3.05) is 13.7 Å². The van der Waals surface area contributed by atoms with Gasteiger partial charge in [-0.3, -0.25) is 4.79 Å². The van der Waals surface area contributed by atoms with Crippen LogP contribution < -0.4 is 15.7 Å². The minimum absolute atomic E-state index is 0.0409.